The van der Waals surface area contributed by atoms with E-state index in [0.717, 1.165) is 24.0 Å². The molecule has 1 aliphatic heterocycles. The molecule has 1 fully saturated rings. The molecule has 2 aromatic rings. The van der Waals surface area contributed by atoms with Crippen LogP contribution >= 0.6 is 0 Å². The van der Waals surface area contributed by atoms with Crippen LogP contribution < -0.4 is 4.74 Å². The molecular weight excluding hydrogens is 373 g/mol. The van der Waals surface area contributed by atoms with Gasteiger partial charge in [-0.1, -0.05) is 25.5 Å². The second kappa shape index (κ2) is 8.03. The van der Waals surface area contributed by atoms with Gasteiger partial charge in [0.25, 0.3) is 0 Å². The molecule has 1 saturated heterocycles. The van der Waals surface area contributed by atoms with Gasteiger partial charge in [0.05, 0.1) is 12.5 Å². The second-order valence-corrected chi connectivity index (χ2v) is 7.92. The zero-order valence-electron chi connectivity index (χ0n) is 16.5. The first-order valence-corrected chi connectivity index (χ1v) is 10.2. The fraction of sp³-hybridized carbons (Fsp3) is 0.435. The number of unbranched alkanes of at least 4 members (excludes halogenated alkanes) is 1. The molecule has 0 unspecified atom stereocenters. The monoisotopic (exact) mass is 399 g/mol. The van der Waals surface area contributed by atoms with Gasteiger partial charge in [-0.05, 0) is 42.8 Å². The minimum absolute atomic E-state index is 0.0663. The van der Waals surface area contributed by atoms with Crippen molar-refractivity contribution in [1.29, 1.82) is 0 Å². The van der Waals surface area contributed by atoms with Crippen LogP contribution in [0.25, 0.3) is 11.0 Å². The number of hydrogen-bond acceptors (Lipinski definition) is 4. The number of furan rings is 1. The molecule has 0 amide bonds. The number of fused-ring (bicyclic) bond motifs is 1. The summed E-state index contributed by atoms with van der Waals surface area (Å²) in [5, 5.41) is 9.78. The number of carboxylic acids is 1. The maximum absolute atomic E-state index is 15.5. The predicted molar refractivity (Wildman–Crippen MR) is 109 cm³/mol. The molecule has 0 spiro atoms. The lowest BCUT2D eigenvalue weighted by Crippen LogP contribution is -2.51. The van der Waals surface area contributed by atoms with Crippen molar-refractivity contribution >= 4 is 16.9 Å². The predicted octanol–water partition coefficient (Wildman–Crippen LogP) is 4.54. The Balaban J connectivity index is 1.41. The van der Waals surface area contributed by atoms with Crippen molar-refractivity contribution in [2.45, 2.75) is 25.4 Å². The average Bonchev–Trinajstić information content (AvgIpc) is 3.10. The molecule has 154 valence electrons. The van der Waals surface area contributed by atoms with Crippen LogP contribution in [0.2, 0.25) is 0 Å². The number of ether oxygens (including phenoxy) is 1. The molecule has 0 atom stereocenters. The zero-order chi connectivity index (χ0) is 20.4. The fourth-order valence-electron chi connectivity index (χ4n) is 3.74. The van der Waals surface area contributed by atoms with Crippen molar-refractivity contribution in [2.75, 3.05) is 26.2 Å². The number of carbonyl (C=O) groups is 1. The van der Waals surface area contributed by atoms with Gasteiger partial charge in [0.2, 0.25) is 5.67 Å². The van der Waals surface area contributed by atoms with Crippen LogP contribution in [0.15, 0.2) is 53.0 Å². The molecule has 2 aliphatic rings. The molecule has 2 heterocycles. The van der Waals surface area contributed by atoms with Gasteiger partial charge in [-0.25, -0.2) is 4.39 Å². The highest BCUT2D eigenvalue weighted by atomic mass is 19.1. The summed E-state index contributed by atoms with van der Waals surface area (Å²) in [7, 11) is 0. The van der Waals surface area contributed by atoms with Gasteiger partial charge in [0.1, 0.15) is 11.3 Å². The number of hydrogen-bond donors (Lipinski definition) is 1. The van der Waals surface area contributed by atoms with E-state index in [2.05, 4.69) is 11.8 Å². The Labute approximate surface area is 169 Å². The molecule has 1 aromatic carbocycles. The van der Waals surface area contributed by atoms with Crippen molar-refractivity contribution in [3.05, 3.63) is 54.3 Å². The van der Waals surface area contributed by atoms with E-state index in [4.69, 9.17) is 14.3 Å². The first-order chi connectivity index (χ1) is 14.0. The SMILES string of the molecule is CCCCOc1ccc2oc(C3(F)C=CC(CN4CC(C(=O)O)C4)C=C3)cc2c1. The number of benzene rings is 1. The third kappa shape index (κ3) is 4.22. The lowest BCUT2D eigenvalue weighted by atomic mass is 9.90. The molecule has 29 heavy (non-hydrogen) atoms. The molecule has 4 rings (SSSR count). The van der Waals surface area contributed by atoms with E-state index in [1.807, 2.05) is 30.4 Å². The van der Waals surface area contributed by atoms with E-state index < -0.39 is 11.6 Å². The highest BCUT2D eigenvalue weighted by molar-refractivity contribution is 5.80. The van der Waals surface area contributed by atoms with Crippen LogP contribution in [0.1, 0.15) is 25.5 Å². The maximum Gasteiger partial charge on any atom is 0.309 e. The van der Waals surface area contributed by atoms with Crippen molar-refractivity contribution in [1.82, 2.24) is 4.90 Å². The number of carboxylic acid groups (broad SMARTS) is 1. The summed E-state index contributed by atoms with van der Waals surface area (Å²) < 4.78 is 27.0. The molecular formula is C23H26FNO4. The third-order valence-corrected chi connectivity index (χ3v) is 5.58. The summed E-state index contributed by atoms with van der Waals surface area (Å²) in [5.74, 6) is 0.0478. The molecule has 1 N–H and O–H groups in total. The molecule has 5 nitrogen and oxygen atoms in total. The first kappa shape index (κ1) is 19.7. The van der Waals surface area contributed by atoms with Crippen LogP contribution in [0.3, 0.4) is 0 Å². The van der Waals surface area contributed by atoms with Gasteiger partial charge in [-0.15, -0.1) is 0 Å². The van der Waals surface area contributed by atoms with Crippen LogP contribution in [0.5, 0.6) is 5.75 Å². The quantitative estimate of drug-likeness (QED) is 0.522. The van der Waals surface area contributed by atoms with Gasteiger partial charge in [-0.3, -0.25) is 4.79 Å². The lowest BCUT2D eigenvalue weighted by Gasteiger charge is -2.38. The van der Waals surface area contributed by atoms with E-state index in [1.54, 1.807) is 6.07 Å². The van der Waals surface area contributed by atoms with E-state index in [9.17, 15) is 4.79 Å². The molecule has 0 bridgehead atoms. The summed E-state index contributed by atoms with van der Waals surface area (Å²) in [6.45, 7) is 4.59. The Kier molecular flexibility index (Phi) is 5.46. The van der Waals surface area contributed by atoms with E-state index in [-0.39, 0.29) is 17.6 Å². The first-order valence-electron chi connectivity index (χ1n) is 10.2. The Bertz CT molecular complexity index is 928. The van der Waals surface area contributed by atoms with E-state index in [1.165, 1.54) is 12.2 Å². The van der Waals surface area contributed by atoms with Crippen molar-refractivity contribution in [3.63, 3.8) is 0 Å². The van der Waals surface area contributed by atoms with Crippen LogP contribution in [0, 0.1) is 11.8 Å². The molecule has 1 aliphatic carbocycles. The van der Waals surface area contributed by atoms with Gasteiger partial charge in [0.15, 0.2) is 5.76 Å². The summed E-state index contributed by atoms with van der Waals surface area (Å²) in [4.78, 5) is 13.0. The Morgan fingerprint density at radius 3 is 2.76 bits per heavy atom. The Morgan fingerprint density at radius 1 is 1.31 bits per heavy atom. The number of allylic oxidation sites excluding steroid dienone is 2. The molecule has 0 saturated carbocycles. The summed E-state index contributed by atoms with van der Waals surface area (Å²) in [6.07, 6.45) is 8.79. The minimum Gasteiger partial charge on any atom is -0.494 e. The summed E-state index contributed by atoms with van der Waals surface area (Å²) in [5.41, 5.74) is -1.15. The van der Waals surface area contributed by atoms with Crippen LogP contribution in [-0.4, -0.2) is 42.2 Å². The van der Waals surface area contributed by atoms with Gasteiger partial charge in [-0.2, -0.15) is 0 Å². The van der Waals surface area contributed by atoms with Crippen LogP contribution in [0.4, 0.5) is 4.39 Å². The number of nitrogens with zero attached hydrogens (tertiary/aromatic N) is 1. The summed E-state index contributed by atoms with van der Waals surface area (Å²) in [6, 6.07) is 7.26. The van der Waals surface area contributed by atoms with Crippen molar-refractivity contribution in [2.24, 2.45) is 11.8 Å². The average molecular weight is 399 g/mol. The van der Waals surface area contributed by atoms with Gasteiger partial charge >= 0.3 is 5.97 Å². The van der Waals surface area contributed by atoms with Crippen molar-refractivity contribution < 1.29 is 23.4 Å². The molecule has 0 radical (unpaired) electrons. The number of halogens is 1. The molecule has 1 aromatic heterocycles. The van der Waals surface area contributed by atoms with Gasteiger partial charge < -0.3 is 19.2 Å². The number of alkyl halides is 1. The normalized spacial score (nSPS) is 24.7. The highest BCUT2D eigenvalue weighted by Crippen LogP contribution is 2.38. The van der Waals surface area contributed by atoms with Crippen LogP contribution in [-0.2, 0) is 10.5 Å². The lowest BCUT2D eigenvalue weighted by molar-refractivity contribution is -0.147. The van der Waals surface area contributed by atoms with Gasteiger partial charge in [0, 0.05) is 30.9 Å². The second-order valence-electron chi connectivity index (χ2n) is 7.92. The van der Waals surface area contributed by atoms with E-state index >= 15 is 4.39 Å². The number of likely N-dealkylation sites (tertiary alicyclic amines) is 1. The Morgan fingerprint density at radius 2 is 2.07 bits per heavy atom. The molecule has 6 heteroatoms. The smallest absolute Gasteiger partial charge is 0.309 e. The number of aliphatic carboxylic acids is 1. The third-order valence-electron chi connectivity index (χ3n) is 5.58. The largest absolute Gasteiger partial charge is 0.494 e. The zero-order valence-corrected chi connectivity index (χ0v) is 16.5. The van der Waals surface area contributed by atoms with E-state index in [0.29, 0.717) is 31.8 Å². The standard InChI is InChI=1S/C23H26FNO4/c1-2-3-10-28-19-4-5-20-17(11-19)12-21(29-20)23(24)8-6-16(7-9-23)13-25-14-18(15-25)22(26)27/h4-9,11-12,16,18H,2-3,10,13-15H2,1H3,(H,26,27). The minimum atomic E-state index is -1.78. The van der Waals surface area contributed by atoms with Crippen molar-refractivity contribution in [3.8, 4) is 5.75 Å². The topological polar surface area (TPSA) is 62.9 Å². The maximum atomic E-state index is 15.5. The number of rotatable bonds is 8. The summed E-state index contributed by atoms with van der Waals surface area (Å²) >= 11 is 0. The fourth-order valence-corrected chi connectivity index (χ4v) is 3.74. The Hall–Kier alpha value is -2.60. The highest BCUT2D eigenvalue weighted by Gasteiger charge is 2.36.